The summed E-state index contributed by atoms with van der Waals surface area (Å²) in [4.78, 5) is 0.263. The van der Waals surface area contributed by atoms with Gasteiger partial charge in [0.1, 0.15) is 5.75 Å². The molecule has 0 atom stereocenters. The topological polar surface area (TPSA) is 75.3 Å². The number of hydrogen-bond donors (Lipinski definition) is 1. The van der Waals surface area contributed by atoms with Gasteiger partial charge in [-0.3, -0.25) is 5.10 Å². The summed E-state index contributed by atoms with van der Waals surface area (Å²) in [7, 11) is -0.503. The average Bonchev–Trinajstić information content (AvgIpc) is 2.84. The molecule has 0 bridgehead atoms. The van der Waals surface area contributed by atoms with E-state index in [9.17, 15) is 8.42 Å². The number of aryl methyl sites for hydroxylation is 3. The van der Waals surface area contributed by atoms with E-state index in [0.29, 0.717) is 11.3 Å². The molecular weight excluding hydrogens is 302 g/mol. The van der Waals surface area contributed by atoms with Gasteiger partial charge in [0.05, 0.1) is 18.2 Å². The Morgan fingerprint density at radius 2 is 1.91 bits per heavy atom. The second kappa shape index (κ2) is 6.10. The number of H-pyrrole nitrogens is 1. The average molecular weight is 323 g/mol. The van der Waals surface area contributed by atoms with Crippen LogP contribution in [-0.2, 0) is 16.6 Å². The van der Waals surface area contributed by atoms with Gasteiger partial charge in [0, 0.05) is 30.9 Å². The second-order valence-electron chi connectivity index (χ2n) is 5.37. The summed E-state index contributed by atoms with van der Waals surface area (Å²) in [5.74, 6) is 0.567. The minimum atomic E-state index is -3.60. The van der Waals surface area contributed by atoms with E-state index in [1.54, 1.807) is 26.2 Å². The molecule has 7 heteroatoms. The molecule has 0 radical (unpaired) electrons. The maximum absolute atomic E-state index is 12.8. The van der Waals surface area contributed by atoms with E-state index in [1.165, 1.54) is 11.4 Å². The molecule has 2 rings (SSSR count). The number of hydrogen-bond acceptors (Lipinski definition) is 4. The molecule has 0 unspecified atom stereocenters. The number of ether oxygens (including phenoxy) is 1. The zero-order valence-electron chi connectivity index (χ0n) is 13.5. The smallest absolute Gasteiger partial charge is 0.243 e. The monoisotopic (exact) mass is 323 g/mol. The summed E-state index contributed by atoms with van der Waals surface area (Å²) in [5.41, 5.74) is 3.32. The quantitative estimate of drug-likeness (QED) is 0.915. The molecule has 0 aliphatic rings. The van der Waals surface area contributed by atoms with Gasteiger partial charge < -0.3 is 4.74 Å². The fourth-order valence-electron chi connectivity index (χ4n) is 2.34. The maximum atomic E-state index is 12.8. The number of methoxy groups -OCH3 is 1. The van der Waals surface area contributed by atoms with Crippen LogP contribution in [0.5, 0.6) is 5.75 Å². The van der Waals surface area contributed by atoms with Gasteiger partial charge in [0.2, 0.25) is 10.0 Å². The summed E-state index contributed by atoms with van der Waals surface area (Å²) in [5, 5.41) is 6.73. The van der Waals surface area contributed by atoms with Gasteiger partial charge in [0.25, 0.3) is 0 Å². The van der Waals surface area contributed by atoms with Crippen LogP contribution in [0.25, 0.3) is 0 Å². The molecule has 0 aliphatic heterocycles. The third kappa shape index (κ3) is 3.00. The molecule has 0 spiro atoms. The Morgan fingerprint density at radius 1 is 1.23 bits per heavy atom. The first-order chi connectivity index (χ1) is 10.3. The van der Waals surface area contributed by atoms with Gasteiger partial charge in [-0.05, 0) is 31.9 Å². The van der Waals surface area contributed by atoms with E-state index in [0.717, 1.165) is 16.8 Å². The molecule has 120 valence electrons. The van der Waals surface area contributed by atoms with Crippen LogP contribution in [-0.4, -0.2) is 37.1 Å². The second-order valence-corrected chi connectivity index (χ2v) is 7.38. The minimum absolute atomic E-state index is 0.263. The van der Waals surface area contributed by atoms with Crippen molar-refractivity contribution in [2.45, 2.75) is 32.2 Å². The van der Waals surface area contributed by atoms with Crippen LogP contribution in [0.15, 0.2) is 23.2 Å². The summed E-state index contributed by atoms with van der Waals surface area (Å²) < 4.78 is 32.2. The number of nitrogens with one attached hydrogen (secondary N) is 1. The lowest BCUT2D eigenvalue weighted by atomic mass is 10.1. The van der Waals surface area contributed by atoms with Crippen molar-refractivity contribution in [2.24, 2.45) is 0 Å². The van der Waals surface area contributed by atoms with Crippen LogP contribution in [0.1, 0.15) is 22.4 Å². The Hall–Kier alpha value is -1.86. The third-order valence-corrected chi connectivity index (χ3v) is 5.65. The lowest BCUT2D eigenvalue weighted by molar-refractivity contribution is 0.409. The van der Waals surface area contributed by atoms with Crippen LogP contribution in [0, 0.1) is 20.8 Å². The van der Waals surface area contributed by atoms with Crippen LogP contribution >= 0.6 is 0 Å². The summed E-state index contributed by atoms with van der Waals surface area (Å²) in [6.45, 7) is 5.81. The Kier molecular flexibility index (Phi) is 4.58. The minimum Gasteiger partial charge on any atom is -0.496 e. The highest BCUT2D eigenvalue weighted by Crippen LogP contribution is 2.28. The van der Waals surface area contributed by atoms with Crippen molar-refractivity contribution >= 4 is 10.0 Å². The molecule has 1 aromatic carbocycles. The first-order valence-corrected chi connectivity index (χ1v) is 8.31. The molecule has 0 amide bonds. The summed E-state index contributed by atoms with van der Waals surface area (Å²) in [6, 6.07) is 3.40. The first-order valence-electron chi connectivity index (χ1n) is 6.87. The molecule has 1 aromatic heterocycles. The van der Waals surface area contributed by atoms with E-state index in [-0.39, 0.29) is 11.4 Å². The molecule has 6 nitrogen and oxygen atoms in total. The Labute approximate surface area is 131 Å². The molecule has 0 saturated carbocycles. The molecule has 0 fully saturated rings. The predicted molar refractivity (Wildman–Crippen MR) is 84.4 cm³/mol. The molecule has 22 heavy (non-hydrogen) atoms. The third-order valence-electron chi connectivity index (χ3n) is 3.71. The number of sulfonamides is 1. The van der Waals surface area contributed by atoms with E-state index in [4.69, 9.17) is 4.74 Å². The molecule has 1 heterocycles. The van der Waals surface area contributed by atoms with Crippen LogP contribution in [0.3, 0.4) is 0 Å². The van der Waals surface area contributed by atoms with Gasteiger partial charge >= 0.3 is 0 Å². The van der Waals surface area contributed by atoms with Crippen LogP contribution in [0.4, 0.5) is 0 Å². The van der Waals surface area contributed by atoms with Crippen molar-refractivity contribution in [3.63, 3.8) is 0 Å². The molecule has 0 aliphatic carbocycles. The maximum Gasteiger partial charge on any atom is 0.243 e. The SMILES string of the molecule is COc1cc(S(=O)(=O)N(C)Cc2cn[nH]c2C)c(C)cc1C. The molecule has 2 aromatic rings. The summed E-state index contributed by atoms with van der Waals surface area (Å²) >= 11 is 0. The van der Waals surface area contributed by atoms with E-state index < -0.39 is 10.0 Å². The molecule has 1 N–H and O–H groups in total. The van der Waals surface area contributed by atoms with Crippen molar-refractivity contribution in [2.75, 3.05) is 14.2 Å². The van der Waals surface area contributed by atoms with E-state index in [1.807, 2.05) is 19.9 Å². The largest absolute Gasteiger partial charge is 0.496 e. The van der Waals surface area contributed by atoms with Crippen molar-refractivity contribution in [1.82, 2.24) is 14.5 Å². The Balaban J connectivity index is 2.40. The van der Waals surface area contributed by atoms with Crippen LogP contribution in [0.2, 0.25) is 0 Å². The fourth-order valence-corrected chi connectivity index (χ4v) is 3.71. The highest BCUT2D eigenvalue weighted by atomic mass is 32.2. The number of nitrogens with zero attached hydrogens (tertiary/aromatic N) is 2. The standard InChI is InChI=1S/C15H21N3O3S/c1-10-6-11(2)15(7-14(10)21-5)22(19,20)18(4)9-13-8-16-17-12(13)3/h6-8H,9H2,1-5H3,(H,16,17). The van der Waals surface area contributed by atoms with Crippen molar-refractivity contribution in [3.8, 4) is 5.75 Å². The van der Waals surface area contributed by atoms with E-state index >= 15 is 0 Å². The van der Waals surface area contributed by atoms with Crippen molar-refractivity contribution in [3.05, 3.63) is 40.7 Å². The predicted octanol–water partition coefficient (Wildman–Crippen LogP) is 2.16. The fraction of sp³-hybridized carbons (Fsp3) is 0.400. The number of benzene rings is 1. The highest BCUT2D eigenvalue weighted by molar-refractivity contribution is 7.89. The lowest BCUT2D eigenvalue weighted by Gasteiger charge is -2.19. The van der Waals surface area contributed by atoms with Gasteiger partial charge in [-0.25, -0.2) is 8.42 Å². The van der Waals surface area contributed by atoms with Crippen molar-refractivity contribution < 1.29 is 13.2 Å². The zero-order chi connectivity index (χ0) is 16.5. The van der Waals surface area contributed by atoms with Gasteiger partial charge in [-0.2, -0.15) is 9.40 Å². The number of aromatic nitrogens is 2. The molecular formula is C15H21N3O3S. The van der Waals surface area contributed by atoms with Crippen molar-refractivity contribution in [1.29, 1.82) is 0 Å². The Morgan fingerprint density at radius 3 is 2.45 bits per heavy atom. The normalized spacial score (nSPS) is 11.9. The summed E-state index contributed by atoms with van der Waals surface area (Å²) in [6.07, 6.45) is 1.64. The van der Waals surface area contributed by atoms with Gasteiger partial charge in [-0.1, -0.05) is 6.07 Å². The first kappa shape index (κ1) is 16.5. The van der Waals surface area contributed by atoms with Crippen LogP contribution < -0.4 is 4.74 Å². The van der Waals surface area contributed by atoms with Gasteiger partial charge in [0.15, 0.2) is 0 Å². The van der Waals surface area contributed by atoms with Gasteiger partial charge in [-0.15, -0.1) is 0 Å². The number of rotatable bonds is 5. The highest BCUT2D eigenvalue weighted by Gasteiger charge is 2.25. The zero-order valence-corrected chi connectivity index (χ0v) is 14.3. The molecule has 0 saturated heterocycles. The lowest BCUT2D eigenvalue weighted by Crippen LogP contribution is -2.27. The van der Waals surface area contributed by atoms with E-state index in [2.05, 4.69) is 10.2 Å². The Bertz CT molecular complexity index is 781. The number of aromatic amines is 1.